The number of ether oxygens (including phenoxy) is 1. The lowest BCUT2D eigenvalue weighted by Crippen LogP contribution is -2.21. The second kappa shape index (κ2) is 7.93. The van der Waals surface area contributed by atoms with Crippen molar-refractivity contribution < 1.29 is 4.74 Å². The van der Waals surface area contributed by atoms with Crippen LogP contribution >= 0.6 is 12.4 Å². The van der Waals surface area contributed by atoms with Gasteiger partial charge >= 0.3 is 0 Å². The first kappa shape index (κ1) is 16.5. The lowest BCUT2D eigenvalue weighted by atomic mass is 10.0. The minimum Gasteiger partial charge on any atom is -0.457 e. The van der Waals surface area contributed by atoms with Crippen molar-refractivity contribution >= 4 is 12.4 Å². The highest BCUT2D eigenvalue weighted by Crippen LogP contribution is 2.26. The SMILES string of the molecule is CCC(N)Cc1ccccc1Oc1ccc(C)cc1.Cl. The van der Waals surface area contributed by atoms with Gasteiger partial charge in [-0.25, -0.2) is 0 Å². The fourth-order valence-electron chi connectivity index (χ4n) is 1.93. The van der Waals surface area contributed by atoms with Crippen LogP contribution in [0.1, 0.15) is 24.5 Å². The number of rotatable bonds is 5. The van der Waals surface area contributed by atoms with E-state index in [0.29, 0.717) is 0 Å². The summed E-state index contributed by atoms with van der Waals surface area (Å²) in [7, 11) is 0. The molecule has 0 heterocycles. The van der Waals surface area contributed by atoms with Gasteiger partial charge in [0.05, 0.1) is 0 Å². The molecule has 1 atom stereocenters. The van der Waals surface area contributed by atoms with Crippen molar-refractivity contribution in [2.24, 2.45) is 5.73 Å². The summed E-state index contributed by atoms with van der Waals surface area (Å²) in [5, 5.41) is 0. The summed E-state index contributed by atoms with van der Waals surface area (Å²) in [5.41, 5.74) is 8.43. The van der Waals surface area contributed by atoms with Gasteiger partial charge in [0.15, 0.2) is 0 Å². The quantitative estimate of drug-likeness (QED) is 0.881. The van der Waals surface area contributed by atoms with E-state index in [1.54, 1.807) is 0 Å². The highest BCUT2D eigenvalue weighted by Gasteiger charge is 2.08. The van der Waals surface area contributed by atoms with Crippen molar-refractivity contribution in [3.63, 3.8) is 0 Å². The van der Waals surface area contributed by atoms with Crippen LogP contribution in [-0.4, -0.2) is 6.04 Å². The molecule has 0 saturated carbocycles. The molecule has 2 aromatic carbocycles. The normalized spacial score (nSPS) is 11.6. The third kappa shape index (κ3) is 4.55. The number of nitrogens with two attached hydrogens (primary N) is 1. The van der Waals surface area contributed by atoms with E-state index in [1.807, 2.05) is 30.3 Å². The van der Waals surface area contributed by atoms with Crippen LogP contribution in [0.15, 0.2) is 48.5 Å². The molecular weight excluding hydrogens is 270 g/mol. The Balaban J connectivity index is 0.00000200. The molecule has 0 saturated heterocycles. The molecule has 0 amide bonds. The van der Waals surface area contributed by atoms with Gasteiger partial charge in [0.25, 0.3) is 0 Å². The molecule has 0 bridgehead atoms. The zero-order valence-electron chi connectivity index (χ0n) is 12.0. The summed E-state index contributed by atoms with van der Waals surface area (Å²) >= 11 is 0. The Morgan fingerprint density at radius 2 is 1.70 bits per heavy atom. The van der Waals surface area contributed by atoms with Crippen LogP contribution in [0.5, 0.6) is 11.5 Å². The standard InChI is InChI=1S/C17H21NO.ClH/c1-3-15(18)12-14-6-4-5-7-17(14)19-16-10-8-13(2)9-11-16;/h4-11,15H,3,12,18H2,1-2H3;1H. The minimum atomic E-state index is 0. The average Bonchev–Trinajstić information content (AvgIpc) is 2.43. The van der Waals surface area contributed by atoms with E-state index in [9.17, 15) is 0 Å². The van der Waals surface area contributed by atoms with Gasteiger partial charge in [0.2, 0.25) is 0 Å². The molecule has 1 unspecified atom stereocenters. The minimum absolute atomic E-state index is 0. The van der Waals surface area contributed by atoms with E-state index >= 15 is 0 Å². The zero-order chi connectivity index (χ0) is 13.7. The number of hydrogen-bond acceptors (Lipinski definition) is 2. The molecule has 0 aliphatic carbocycles. The van der Waals surface area contributed by atoms with Crippen molar-refractivity contribution in [1.82, 2.24) is 0 Å². The monoisotopic (exact) mass is 291 g/mol. The van der Waals surface area contributed by atoms with Crippen molar-refractivity contribution in [3.05, 3.63) is 59.7 Å². The number of benzene rings is 2. The Kier molecular flexibility index (Phi) is 6.56. The van der Waals surface area contributed by atoms with Gasteiger partial charge in [-0.2, -0.15) is 0 Å². The molecule has 2 N–H and O–H groups in total. The highest BCUT2D eigenvalue weighted by atomic mass is 35.5. The molecule has 0 aromatic heterocycles. The molecule has 2 rings (SSSR count). The van der Waals surface area contributed by atoms with E-state index in [1.165, 1.54) is 5.56 Å². The van der Waals surface area contributed by atoms with Crippen molar-refractivity contribution in [3.8, 4) is 11.5 Å². The molecule has 2 aromatic rings. The van der Waals surface area contributed by atoms with Gasteiger partial charge < -0.3 is 10.5 Å². The summed E-state index contributed by atoms with van der Waals surface area (Å²) in [6, 6.07) is 16.4. The van der Waals surface area contributed by atoms with Gasteiger partial charge in [-0.15, -0.1) is 12.4 Å². The molecule has 0 radical (unpaired) electrons. The first-order valence-corrected chi connectivity index (χ1v) is 6.77. The Bertz CT molecular complexity index is 525. The fourth-order valence-corrected chi connectivity index (χ4v) is 1.93. The maximum Gasteiger partial charge on any atom is 0.130 e. The summed E-state index contributed by atoms with van der Waals surface area (Å²) in [6.45, 7) is 4.17. The van der Waals surface area contributed by atoms with E-state index < -0.39 is 0 Å². The maximum atomic E-state index is 6.03. The van der Waals surface area contributed by atoms with Gasteiger partial charge in [-0.05, 0) is 43.5 Å². The average molecular weight is 292 g/mol. The molecule has 108 valence electrons. The topological polar surface area (TPSA) is 35.2 Å². The summed E-state index contributed by atoms with van der Waals surface area (Å²) < 4.78 is 5.95. The molecular formula is C17H22ClNO. The van der Waals surface area contributed by atoms with Crippen molar-refractivity contribution in [1.29, 1.82) is 0 Å². The van der Waals surface area contributed by atoms with E-state index in [4.69, 9.17) is 10.5 Å². The molecule has 0 aliphatic heterocycles. The maximum absolute atomic E-state index is 6.03. The number of aryl methyl sites for hydroxylation is 1. The zero-order valence-corrected chi connectivity index (χ0v) is 12.8. The second-order valence-electron chi connectivity index (χ2n) is 4.90. The number of para-hydroxylation sites is 1. The smallest absolute Gasteiger partial charge is 0.130 e. The van der Waals surface area contributed by atoms with Crippen LogP contribution in [0.25, 0.3) is 0 Å². The van der Waals surface area contributed by atoms with Crippen molar-refractivity contribution in [2.75, 3.05) is 0 Å². The molecule has 20 heavy (non-hydrogen) atoms. The third-order valence-corrected chi connectivity index (χ3v) is 3.23. The van der Waals surface area contributed by atoms with Crippen LogP contribution in [0.4, 0.5) is 0 Å². The second-order valence-corrected chi connectivity index (χ2v) is 4.90. The largest absolute Gasteiger partial charge is 0.457 e. The predicted octanol–water partition coefficient (Wildman–Crippen LogP) is 4.49. The first-order valence-electron chi connectivity index (χ1n) is 6.77. The molecule has 2 nitrogen and oxygen atoms in total. The van der Waals surface area contributed by atoms with Gasteiger partial charge in [0, 0.05) is 6.04 Å². The molecule has 0 fully saturated rings. The Morgan fingerprint density at radius 1 is 1.05 bits per heavy atom. The van der Waals surface area contributed by atoms with Crippen LogP contribution in [-0.2, 0) is 6.42 Å². The fraction of sp³-hybridized carbons (Fsp3) is 0.294. The van der Waals surface area contributed by atoms with Gasteiger partial charge in [0.1, 0.15) is 11.5 Å². The Morgan fingerprint density at radius 3 is 2.35 bits per heavy atom. The van der Waals surface area contributed by atoms with E-state index in [2.05, 4.69) is 32.0 Å². The molecule has 0 aliphatic rings. The Hall–Kier alpha value is -1.51. The van der Waals surface area contributed by atoms with Gasteiger partial charge in [-0.1, -0.05) is 42.8 Å². The third-order valence-electron chi connectivity index (χ3n) is 3.23. The number of halogens is 1. The van der Waals surface area contributed by atoms with Gasteiger partial charge in [-0.3, -0.25) is 0 Å². The summed E-state index contributed by atoms with van der Waals surface area (Å²) in [6.07, 6.45) is 1.82. The van der Waals surface area contributed by atoms with Crippen molar-refractivity contribution in [2.45, 2.75) is 32.7 Å². The lowest BCUT2D eigenvalue weighted by Gasteiger charge is -2.14. The lowest BCUT2D eigenvalue weighted by molar-refractivity contribution is 0.472. The van der Waals surface area contributed by atoms with Crippen LogP contribution in [0, 0.1) is 6.92 Å². The first-order chi connectivity index (χ1) is 9.19. The Labute approximate surface area is 127 Å². The predicted molar refractivity (Wildman–Crippen MR) is 86.9 cm³/mol. The van der Waals surface area contributed by atoms with Crippen LogP contribution in [0.2, 0.25) is 0 Å². The van der Waals surface area contributed by atoms with Crippen LogP contribution in [0.3, 0.4) is 0 Å². The molecule has 0 spiro atoms. The summed E-state index contributed by atoms with van der Waals surface area (Å²) in [4.78, 5) is 0. The van der Waals surface area contributed by atoms with E-state index in [-0.39, 0.29) is 18.4 Å². The molecule has 3 heteroatoms. The van der Waals surface area contributed by atoms with Crippen LogP contribution < -0.4 is 10.5 Å². The highest BCUT2D eigenvalue weighted by molar-refractivity contribution is 5.85. The van der Waals surface area contributed by atoms with E-state index in [0.717, 1.165) is 29.9 Å². The number of hydrogen-bond donors (Lipinski definition) is 1. The summed E-state index contributed by atoms with van der Waals surface area (Å²) in [5.74, 6) is 1.76.